The molecule has 0 aromatic heterocycles. The minimum Gasteiger partial charge on any atom is -0.496 e. The first kappa shape index (κ1) is 10.8. The average Bonchev–Trinajstić information content (AvgIpc) is 2.15. The fraction of sp³-hybridized carbons (Fsp3) is 0.417. The third-order valence-corrected chi connectivity index (χ3v) is 2.24. The topological polar surface area (TPSA) is 26.3 Å². The van der Waals surface area contributed by atoms with E-state index in [1.807, 2.05) is 32.9 Å². The van der Waals surface area contributed by atoms with Gasteiger partial charge in [0.15, 0.2) is 5.78 Å². The predicted molar refractivity (Wildman–Crippen MR) is 57.1 cm³/mol. The molecule has 0 fully saturated rings. The number of ether oxygens (including phenoxy) is 1. The van der Waals surface area contributed by atoms with Gasteiger partial charge in [0, 0.05) is 6.42 Å². The second-order valence-corrected chi connectivity index (χ2v) is 3.44. The Morgan fingerprint density at radius 3 is 2.50 bits per heavy atom. The molecule has 0 saturated heterocycles. The van der Waals surface area contributed by atoms with E-state index in [2.05, 4.69) is 0 Å². The van der Waals surface area contributed by atoms with Gasteiger partial charge in [-0.1, -0.05) is 13.0 Å². The van der Waals surface area contributed by atoms with Gasteiger partial charge >= 0.3 is 0 Å². The summed E-state index contributed by atoms with van der Waals surface area (Å²) in [5.41, 5.74) is 2.82. The lowest BCUT2D eigenvalue weighted by Crippen LogP contribution is -2.02. The molecule has 76 valence electrons. The summed E-state index contributed by atoms with van der Waals surface area (Å²) in [6.45, 7) is 5.80. The summed E-state index contributed by atoms with van der Waals surface area (Å²) in [7, 11) is 1.60. The number of Topliss-reactive ketones (excluding diaryl/α,β-unsaturated/α-hetero) is 1. The molecule has 0 amide bonds. The van der Waals surface area contributed by atoms with Gasteiger partial charge in [0.05, 0.1) is 12.7 Å². The summed E-state index contributed by atoms with van der Waals surface area (Å²) >= 11 is 0. The quantitative estimate of drug-likeness (QED) is 0.688. The molecule has 0 aliphatic heterocycles. The van der Waals surface area contributed by atoms with Crippen LogP contribution in [0.4, 0.5) is 0 Å². The smallest absolute Gasteiger partial charge is 0.166 e. The molecule has 2 nitrogen and oxygen atoms in total. The van der Waals surface area contributed by atoms with Gasteiger partial charge in [0.1, 0.15) is 5.75 Å². The highest BCUT2D eigenvalue weighted by Crippen LogP contribution is 2.25. The van der Waals surface area contributed by atoms with Crippen LogP contribution in [0.2, 0.25) is 0 Å². The number of hydrogen-bond donors (Lipinski definition) is 0. The second-order valence-electron chi connectivity index (χ2n) is 3.44. The Kier molecular flexibility index (Phi) is 3.28. The number of rotatable bonds is 3. The average molecular weight is 192 g/mol. The Morgan fingerprint density at radius 2 is 2.00 bits per heavy atom. The summed E-state index contributed by atoms with van der Waals surface area (Å²) in [6.07, 6.45) is 0.513. The molecule has 0 aliphatic carbocycles. The van der Waals surface area contributed by atoms with Crippen LogP contribution in [-0.4, -0.2) is 12.9 Å². The maximum atomic E-state index is 11.6. The Labute approximate surface area is 84.9 Å². The lowest BCUT2D eigenvalue weighted by molar-refractivity contribution is 0.0985. The maximum Gasteiger partial charge on any atom is 0.166 e. The van der Waals surface area contributed by atoms with Crippen LogP contribution in [0.25, 0.3) is 0 Å². The molecule has 0 spiro atoms. The maximum absolute atomic E-state index is 11.6. The fourth-order valence-corrected chi connectivity index (χ4v) is 1.62. The van der Waals surface area contributed by atoms with Crippen molar-refractivity contribution in [2.75, 3.05) is 7.11 Å². The van der Waals surface area contributed by atoms with E-state index in [9.17, 15) is 4.79 Å². The van der Waals surface area contributed by atoms with Crippen LogP contribution in [0.5, 0.6) is 5.75 Å². The summed E-state index contributed by atoms with van der Waals surface area (Å²) in [4.78, 5) is 11.6. The first-order chi connectivity index (χ1) is 6.60. The number of benzene rings is 1. The summed E-state index contributed by atoms with van der Waals surface area (Å²) < 4.78 is 5.23. The zero-order valence-corrected chi connectivity index (χ0v) is 9.18. The van der Waals surface area contributed by atoms with Crippen LogP contribution in [0.1, 0.15) is 34.8 Å². The van der Waals surface area contributed by atoms with Gasteiger partial charge in [-0.2, -0.15) is 0 Å². The number of carbonyl (C=O) groups is 1. The zero-order valence-electron chi connectivity index (χ0n) is 9.18. The second kappa shape index (κ2) is 4.27. The third kappa shape index (κ3) is 1.95. The number of carbonyl (C=O) groups excluding carboxylic acids is 1. The van der Waals surface area contributed by atoms with Gasteiger partial charge in [-0.3, -0.25) is 4.79 Å². The van der Waals surface area contributed by atoms with Gasteiger partial charge in [-0.15, -0.1) is 0 Å². The van der Waals surface area contributed by atoms with E-state index in [4.69, 9.17) is 4.74 Å². The number of hydrogen-bond acceptors (Lipinski definition) is 2. The van der Waals surface area contributed by atoms with Crippen molar-refractivity contribution < 1.29 is 9.53 Å². The van der Waals surface area contributed by atoms with Crippen LogP contribution < -0.4 is 4.74 Å². The molecule has 0 aliphatic rings. The number of methoxy groups -OCH3 is 1. The highest BCUT2D eigenvalue weighted by atomic mass is 16.5. The van der Waals surface area contributed by atoms with E-state index < -0.39 is 0 Å². The third-order valence-electron chi connectivity index (χ3n) is 2.24. The minimum absolute atomic E-state index is 0.133. The van der Waals surface area contributed by atoms with Gasteiger partial charge in [-0.05, 0) is 31.0 Å². The van der Waals surface area contributed by atoms with Gasteiger partial charge < -0.3 is 4.74 Å². The van der Waals surface area contributed by atoms with Gasteiger partial charge in [0.2, 0.25) is 0 Å². The molecular weight excluding hydrogens is 176 g/mol. The van der Waals surface area contributed by atoms with Gasteiger partial charge in [0.25, 0.3) is 0 Å². The number of ketones is 1. The Morgan fingerprint density at radius 1 is 1.36 bits per heavy atom. The molecule has 14 heavy (non-hydrogen) atoms. The van der Waals surface area contributed by atoms with E-state index >= 15 is 0 Å². The predicted octanol–water partition coefficient (Wildman–Crippen LogP) is 2.90. The monoisotopic (exact) mass is 192 g/mol. The SMILES string of the molecule is CCC(=O)c1cc(C)cc(C)c1OC. The van der Waals surface area contributed by atoms with Crippen molar-refractivity contribution in [3.63, 3.8) is 0 Å². The summed E-state index contributed by atoms with van der Waals surface area (Å²) in [5, 5.41) is 0. The zero-order chi connectivity index (χ0) is 10.7. The normalized spacial score (nSPS) is 10.0. The van der Waals surface area contributed by atoms with E-state index in [-0.39, 0.29) is 5.78 Å². The van der Waals surface area contributed by atoms with Gasteiger partial charge in [-0.25, -0.2) is 0 Å². The van der Waals surface area contributed by atoms with Crippen molar-refractivity contribution in [3.05, 3.63) is 28.8 Å². The molecule has 0 bridgehead atoms. The van der Waals surface area contributed by atoms with Crippen LogP contribution in [0.3, 0.4) is 0 Å². The highest BCUT2D eigenvalue weighted by molar-refractivity contribution is 5.99. The van der Waals surface area contributed by atoms with Crippen molar-refractivity contribution in [2.24, 2.45) is 0 Å². The molecule has 0 radical (unpaired) electrons. The lowest BCUT2D eigenvalue weighted by atomic mass is 10.0. The molecule has 0 N–H and O–H groups in total. The molecular formula is C12H16O2. The van der Waals surface area contributed by atoms with Crippen molar-refractivity contribution in [2.45, 2.75) is 27.2 Å². The van der Waals surface area contributed by atoms with Crippen molar-refractivity contribution in [1.29, 1.82) is 0 Å². The van der Waals surface area contributed by atoms with Crippen LogP contribution in [0, 0.1) is 13.8 Å². The summed E-state index contributed by atoms with van der Waals surface area (Å²) in [5.74, 6) is 0.844. The largest absolute Gasteiger partial charge is 0.496 e. The van der Waals surface area contributed by atoms with E-state index in [1.165, 1.54) is 0 Å². The Hall–Kier alpha value is -1.31. The fourth-order valence-electron chi connectivity index (χ4n) is 1.62. The highest BCUT2D eigenvalue weighted by Gasteiger charge is 2.12. The lowest BCUT2D eigenvalue weighted by Gasteiger charge is -2.11. The van der Waals surface area contributed by atoms with Crippen LogP contribution in [-0.2, 0) is 0 Å². The van der Waals surface area contributed by atoms with Crippen molar-refractivity contribution >= 4 is 5.78 Å². The van der Waals surface area contributed by atoms with E-state index in [1.54, 1.807) is 7.11 Å². The Bertz CT molecular complexity index is 354. The van der Waals surface area contributed by atoms with Crippen LogP contribution >= 0.6 is 0 Å². The first-order valence-electron chi connectivity index (χ1n) is 4.78. The van der Waals surface area contributed by atoms with E-state index in [0.717, 1.165) is 11.1 Å². The molecule has 0 heterocycles. The van der Waals surface area contributed by atoms with Crippen LogP contribution in [0.15, 0.2) is 12.1 Å². The molecule has 1 aromatic rings. The molecule has 0 unspecified atom stereocenters. The van der Waals surface area contributed by atoms with Crippen molar-refractivity contribution in [1.82, 2.24) is 0 Å². The summed E-state index contributed by atoms with van der Waals surface area (Å²) in [6, 6.07) is 3.91. The number of aryl methyl sites for hydroxylation is 2. The minimum atomic E-state index is 0.133. The molecule has 1 aromatic carbocycles. The first-order valence-corrected chi connectivity index (χ1v) is 4.78. The molecule has 2 heteroatoms. The van der Waals surface area contributed by atoms with E-state index in [0.29, 0.717) is 17.7 Å². The molecule has 0 saturated carbocycles. The molecule has 1 rings (SSSR count). The van der Waals surface area contributed by atoms with Crippen molar-refractivity contribution in [3.8, 4) is 5.75 Å². The standard InChI is InChI=1S/C12H16O2/c1-5-11(13)10-7-8(2)6-9(3)12(10)14-4/h6-7H,5H2,1-4H3. The Balaban J connectivity index is 3.32. The molecule has 0 atom stereocenters.